The molecule has 0 fully saturated rings. The maximum Gasteiger partial charge on any atom is 0.136 e. The second kappa shape index (κ2) is 3.70. The van der Waals surface area contributed by atoms with Gasteiger partial charge in [-0.2, -0.15) is 0 Å². The second-order valence-corrected chi connectivity index (χ2v) is 5.23. The molecule has 0 radical (unpaired) electrons. The van der Waals surface area contributed by atoms with Crippen molar-refractivity contribution in [3.05, 3.63) is 40.9 Å². The first-order valence-electron chi connectivity index (χ1n) is 5.14. The largest absolute Gasteiger partial charge is 0.244 e. The van der Waals surface area contributed by atoms with Gasteiger partial charge in [-0.1, -0.05) is 44.5 Å². The predicted octanol–water partition coefficient (Wildman–Crippen LogP) is 4.32. The molecule has 0 aliphatic heterocycles. The number of hydrogen-bond acceptors (Lipinski definition) is 1. The molecule has 0 unspecified atom stereocenters. The van der Waals surface area contributed by atoms with Gasteiger partial charge in [-0.05, 0) is 17.0 Å². The molecule has 0 N–H and O–H groups in total. The summed E-state index contributed by atoms with van der Waals surface area (Å²) in [7, 11) is 0. The lowest BCUT2D eigenvalue weighted by Crippen LogP contribution is -2.13. The molecular weight excluding hydrogens is 225 g/mol. The third-order valence-electron chi connectivity index (χ3n) is 2.62. The predicted molar refractivity (Wildman–Crippen MR) is 65.4 cm³/mol. The van der Waals surface area contributed by atoms with Crippen molar-refractivity contribution in [2.75, 3.05) is 0 Å². The van der Waals surface area contributed by atoms with Crippen LogP contribution in [0, 0.1) is 5.82 Å². The van der Waals surface area contributed by atoms with E-state index in [1.807, 2.05) is 20.8 Å². The highest BCUT2D eigenvalue weighted by Gasteiger charge is 2.20. The molecule has 0 bridgehead atoms. The van der Waals surface area contributed by atoms with Gasteiger partial charge in [0, 0.05) is 17.0 Å². The molecule has 2 aromatic rings. The van der Waals surface area contributed by atoms with E-state index < -0.39 is 0 Å². The third-order valence-corrected chi connectivity index (χ3v) is 2.92. The van der Waals surface area contributed by atoms with Crippen LogP contribution in [-0.4, -0.2) is 4.98 Å². The summed E-state index contributed by atoms with van der Waals surface area (Å²) in [5.74, 6) is -0.244. The van der Waals surface area contributed by atoms with E-state index in [0.29, 0.717) is 15.9 Å². The van der Waals surface area contributed by atoms with Gasteiger partial charge in [0.1, 0.15) is 11.0 Å². The summed E-state index contributed by atoms with van der Waals surface area (Å²) in [6, 6.07) is 4.90. The Morgan fingerprint density at radius 1 is 1.25 bits per heavy atom. The van der Waals surface area contributed by atoms with E-state index in [-0.39, 0.29) is 11.2 Å². The lowest BCUT2D eigenvalue weighted by molar-refractivity contribution is 0.584. The Balaban J connectivity index is 2.92. The fraction of sp³-hybridized carbons (Fsp3) is 0.308. The number of pyridine rings is 1. The van der Waals surface area contributed by atoms with Crippen LogP contribution in [0.3, 0.4) is 0 Å². The van der Waals surface area contributed by atoms with Crippen molar-refractivity contribution in [3.63, 3.8) is 0 Å². The topological polar surface area (TPSA) is 12.9 Å². The van der Waals surface area contributed by atoms with Crippen LogP contribution in [0.25, 0.3) is 10.8 Å². The first-order chi connectivity index (χ1) is 7.41. The van der Waals surface area contributed by atoms with E-state index in [4.69, 9.17) is 11.6 Å². The van der Waals surface area contributed by atoms with E-state index in [2.05, 4.69) is 4.98 Å². The summed E-state index contributed by atoms with van der Waals surface area (Å²) in [5, 5.41) is 1.60. The highest BCUT2D eigenvalue weighted by atomic mass is 35.5. The van der Waals surface area contributed by atoms with Crippen molar-refractivity contribution < 1.29 is 4.39 Å². The fourth-order valence-corrected chi connectivity index (χ4v) is 2.00. The average Bonchev–Trinajstić information content (AvgIpc) is 2.18. The van der Waals surface area contributed by atoms with Gasteiger partial charge in [-0.15, -0.1) is 0 Å². The van der Waals surface area contributed by atoms with Crippen LogP contribution in [-0.2, 0) is 5.41 Å². The Hall–Kier alpha value is -1.15. The summed E-state index contributed by atoms with van der Waals surface area (Å²) in [6.07, 6.45) is 1.66. The molecule has 3 heteroatoms. The number of hydrogen-bond donors (Lipinski definition) is 0. The molecule has 0 atom stereocenters. The van der Waals surface area contributed by atoms with Crippen LogP contribution in [0.5, 0.6) is 0 Å². The first kappa shape index (κ1) is 11.3. The van der Waals surface area contributed by atoms with E-state index in [1.54, 1.807) is 18.3 Å². The minimum absolute atomic E-state index is 0.155. The molecule has 1 heterocycles. The van der Waals surface area contributed by atoms with Gasteiger partial charge in [0.25, 0.3) is 0 Å². The molecule has 1 aromatic carbocycles. The summed E-state index contributed by atoms with van der Waals surface area (Å²) < 4.78 is 13.9. The molecule has 84 valence electrons. The zero-order valence-electron chi connectivity index (χ0n) is 9.51. The van der Waals surface area contributed by atoms with Gasteiger partial charge in [0.05, 0.1) is 0 Å². The lowest BCUT2D eigenvalue weighted by atomic mass is 9.85. The Labute approximate surface area is 99.3 Å². The molecule has 0 spiro atoms. The van der Waals surface area contributed by atoms with Crippen molar-refractivity contribution >= 4 is 22.4 Å². The van der Waals surface area contributed by atoms with Gasteiger partial charge in [0.15, 0.2) is 0 Å². The van der Waals surface area contributed by atoms with Gasteiger partial charge in [-0.3, -0.25) is 0 Å². The minimum atomic E-state index is -0.244. The number of benzene rings is 1. The maximum atomic E-state index is 13.9. The van der Waals surface area contributed by atoms with Crippen molar-refractivity contribution in [1.29, 1.82) is 0 Å². The zero-order valence-corrected chi connectivity index (χ0v) is 10.3. The summed E-state index contributed by atoms with van der Waals surface area (Å²) in [4.78, 5) is 4.11. The lowest BCUT2D eigenvalue weighted by Gasteiger charge is -2.21. The minimum Gasteiger partial charge on any atom is -0.244 e. The number of aromatic nitrogens is 1. The van der Waals surface area contributed by atoms with Crippen molar-refractivity contribution in [2.45, 2.75) is 26.2 Å². The molecule has 0 saturated carbocycles. The fourth-order valence-electron chi connectivity index (χ4n) is 1.79. The van der Waals surface area contributed by atoms with Gasteiger partial charge < -0.3 is 0 Å². The van der Waals surface area contributed by atoms with Crippen LogP contribution in [0.4, 0.5) is 4.39 Å². The normalized spacial score (nSPS) is 12.1. The Kier molecular flexibility index (Phi) is 2.62. The zero-order chi connectivity index (χ0) is 11.9. The highest BCUT2D eigenvalue weighted by molar-refractivity contribution is 6.34. The first-order valence-corrected chi connectivity index (χ1v) is 5.52. The second-order valence-electron chi connectivity index (χ2n) is 4.88. The number of rotatable bonds is 0. The van der Waals surface area contributed by atoms with Crippen molar-refractivity contribution in [2.24, 2.45) is 0 Å². The summed E-state index contributed by atoms with van der Waals surface area (Å²) in [6.45, 7) is 6.09. The van der Waals surface area contributed by atoms with E-state index in [1.165, 1.54) is 6.07 Å². The molecule has 2 rings (SSSR count). The van der Waals surface area contributed by atoms with E-state index >= 15 is 0 Å². The molecule has 16 heavy (non-hydrogen) atoms. The Morgan fingerprint density at radius 2 is 1.94 bits per heavy atom. The van der Waals surface area contributed by atoms with Gasteiger partial charge in [-0.25, -0.2) is 9.37 Å². The van der Waals surface area contributed by atoms with E-state index in [0.717, 1.165) is 5.56 Å². The van der Waals surface area contributed by atoms with Crippen LogP contribution in [0.2, 0.25) is 5.15 Å². The molecule has 0 saturated heterocycles. The summed E-state index contributed by atoms with van der Waals surface area (Å²) >= 11 is 5.97. The quantitative estimate of drug-likeness (QED) is 0.622. The molecular formula is C13H13ClFN. The molecule has 0 aliphatic carbocycles. The van der Waals surface area contributed by atoms with Crippen molar-refractivity contribution in [1.82, 2.24) is 4.98 Å². The standard InChI is InChI=1S/C13H13ClFN/c1-13(2,3)9-7-16-12(14)8-5-4-6-10(15)11(8)9/h4-7H,1-3H3. The van der Waals surface area contributed by atoms with Crippen molar-refractivity contribution in [3.8, 4) is 0 Å². The van der Waals surface area contributed by atoms with E-state index in [9.17, 15) is 4.39 Å². The average molecular weight is 238 g/mol. The highest BCUT2D eigenvalue weighted by Crippen LogP contribution is 2.33. The molecule has 1 aromatic heterocycles. The maximum absolute atomic E-state index is 13.9. The molecule has 0 amide bonds. The number of fused-ring (bicyclic) bond motifs is 1. The molecule has 0 aliphatic rings. The van der Waals surface area contributed by atoms with Gasteiger partial charge >= 0.3 is 0 Å². The van der Waals surface area contributed by atoms with Gasteiger partial charge in [0.2, 0.25) is 0 Å². The van der Waals surface area contributed by atoms with Crippen LogP contribution < -0.4 is 0 Å². The third kappa shape index (κ3) is 1.78. The Bertz CT molecular complexity index is 543. The molecule has 1 nitrogen and oxygen atoms in total. The summed E-state index contributed by atoms with van der Waals surface area (Å²) in [5.41, 5.74) is 0.725. The monoisotopic (exact) mass is 237 g/mol. The van der Waals surface area contributed by atoms with Crippen LogP contribution in [0.15, 0.2) is 24.4 Å². The SMILES string of the molecule is CC(C)(C)c1cnc(Cl)c2cccc(F)c12. The van der Waals surface area contributed by atoms with Crippen LogP contribution >= 0.6 is 11.6 Å². The number of halogens is 2. The van der Waals surface area contributed by atoms with Crippen LogP contribution in [0.1, 0.15) is 26.3 Å². The number of nitrogens with zero attached hydrogens (tertiary/aromatic N) is 1. The smallest absolute Gasteiger partial charge is 0.136 e. The Morgan fingerprint density at radius 3 is 2.56 bits per heavy atom.